The lowest BCUT2D eigenvalue weighted by atomic mass is 9.89. The SMILES string of the molecule is C=C/C(Cl)=C(C(=C)Cc1cn[nH]c1C(C)C(C)C)\C(Cl)=C/C. The average molecular weight is 339 g/mol. The number of nitrogens with one attached hydrogen (secondary N) is 1. The molecule has 1 heterocycles. The highest BCUT2D eigenvalue weighted by Gasteiger charge is 2.19. The van der Waals surface area contributed by atoms with Gasteiger partial charge in [0.25, 0.3) is 0 Å². The molecule has 2 nitrogen and oxygen atoms in total. The molecule has 1 N–H and O–H groups in total. The number of hydrogen-bond donors (Lipinski definition) is 1. The Morgan fingerprint density at radius 3 is 2.50 bits per heavy atom. The van der Waals surface area contributed by atoms with Crippen molar-refractivity contribution in [1.29, 1.82) is 0 Å². The van der Waals surface area contributed by atoms with Crippen LogP contribution in [0.3, 0.4) is 0 Å². The number of aromatic nitrogens is 2. The van der Waals surface area contributed by atoms with Gasteiger partial charge >= 0.3 is 0 Å². The fraction of sp³-hybridized carbons (Fsp3) is 0.389. The molecule has 0 aromatic carbocycles. The van der Waals surface area contributed by atoms with E-state index in [2.05, 4.69) is 44.1 Å². The summed E-state index contributed by atoms with van der Waals surface area (Å²) in [7, 11) is 0. The molecule has 1 aromatic rings. The van der Waals surface area contributed by atoms with E-state index in [1.54, 1.807) is 12.2 Å². The number of halogens is 2. The van der Waals surface area contributed by atoms with E-state index in [0.717, 1.165) is 22.4 Å². The summed E-state index contributed by atoms with van der Waals surface area (Å²) >= 11 is 12.5. The zero-order chi connectivity index (χ0) is 16.9. The predicted octanol–water partition coefficient (Wildman–Crippen LogP) is 6.09. The molecule has 0 aliphatic rings. The van der Waals surface area contributed by atoms with Crippen LogP contribution in [0.15, 0.2) is 52.7 Å². The molecule has 0 radical (unpaired) electrons. The molecule has 0 aliphatic heterocycles. The number of rotatable bonds is 7. The molecule has 0 amide bonds. The van der Waals surface area contributed by atoms with E-state index < -0.39 is 0 Å². The van der Waals surface area contributed by atoms with E-state index in [-0.39, 0.29) is 0 Å². The van der Waals surface area contributed by atoms with Gasteiger partial charge in [-0.3, -0.25) is 5.10 Å². The highest BCUT2D eigenvalue weighted by molar-refractivity contribution is 6.37. The van der Waals surface area contributed by atoms with Gasteiger partial charge < -0.3 is 0 Å². The van der Waals surface area contributed by atoms with Crippen molar-refractivity contribution < 1.29 is 0 Å². The van der Waals surface area contributed by atoms with Crippen molar-refractivity contribution >= 4 is 23.2 Å². The first kappa shape index (κ1) is 18.8. The molecule has 120 valence electrons. The zero-order valence-corrected chi connectivity index (χ0v) is 15.2. The molecule has 0 bridgehead atoms. The maximum absolute atomic E-state index is 6.28. The topological polar surface area (TPSA) is 28.7 Å². The van der Waals surface area contributed by atoms with Crippen LogP contribution in [0, 0.1) is 5.92 Å². The van der Waals surface area contributed by atoms with E-state index in [4.69, 9.17) is 23.2 Å². The third-order valence-corrected chi connectivity index (χ3v) is 4.62. The van der Waals surface area contributed by atoms with Crippen molar-refractivity contribution in [2.45, 2.75) is 40.0 Å². The van der Waals surface area contributed by atoms with Gasteiger partial charge in [0.2, 0.25) is 0 Å². The molecular weight excluding hydrogens is 315 g/mol. The van der Waals surface area contributed by atoms with Gasteiger partial charge in [-0.2, -0.15) is 5.10 Å². The molecule has 4 heteroatoms. The molecule has 0 fully saturated rings. The summed E-state index contributed by atoms with van der Waals surface area (Å²) in [5.74, 6) is 0.920. The van der Waals surface area contributed by atoms with Crippen molar-refractivity contribution in [3.8, 4) is 0 Å². The van der Waals surface area contributed by atoms with Gasteiger partial charge in [0.05, 0.1) is 6.20 Å². The fourth-order valence-electron chi connectivity index (χ4n) is 2.21. The van der Waals surface area contributed by atoms with Gasteiger partial charge in [-0.15, -0.1) is 0 Å². The van der Waals surface area contributed by atoms with Crippen LogP contribution in [-0.4, -0.2) is 10.2 Å². The Morgan fingerprint density at radius 1 is 1.36 bits per heavy atom. The third-order valence-electron chi connectivity index (χ3n) is 3.87. The van der Waals surface area contributed by atoms with E-state index in [0.29, 0.717) is 28.3 Å². The summed E-state index contributed by atoms with van der Waals surface area (Å²) in [6.07, 6.45) is 5.89. The maximum Gasteiger partial charge on any atom is 0.0525 e. The van der Waals surface area contributed by atoms with Crippen LogP contribution in [0.4, 0.5) is 0 Å². The Labute approximate surface area is 143 Å². The van der Waals surface area contributed by atoms with Crippen molar-refractivity contribution in [1.82, 2.24) is 10.2 Å². The van der Waals surface area contributed by atoms with Crippen LogP contribution in [0.2, 0.25) is 0 Å². The second-order valence-electron chi connectivity index (χ2n) is 5.69. The van der Waals surface area contributed by atoms with Gasteiger partial charge in [-0.25, -0.2) is 0 Å². The Hall–Kier alpha value is -1.25. The molecule has 1 aromatic heterocycles. The predicted molar refractivity (Wildman–Crippen MR) is 97.4 cm³/mol. The van der Waals surface area contributed by atoms with Crippen molar-refractivity contribution in [3.63, 3.8) is 0 Å². The minimum Gasteiger partial charge on any atom is -0.282 e. The summed E-state index contributed by atoms with van der Waals surface area (Å²) in [6.45, 7) is 16.3. The third kappa shape index (κ3) is 4.37. The standard InChI is InChI=1S/C18H24Cl2N2/c1-7-15(19)17(16(20)8-2)12(5)9-14-10-21-22-18(14)13(6)11(3)4/h7-8,10-11,13H,1,5,9H2,2-4,6H3,(H,21,22)/b16-8+,17-15+. The quantitative estimate of drug-likeness (QED) is 0.598. The molecule has 0 saturated carbocycles. The summed E-state index contributed by atoms with van der Waals surface area (Å²) in [4.78, 5) is 0. The molecule has 0 saturated heterocycles. The van der Waals surface area contributed by atoms with Crippen molar-refractivity contribution in [3.05, 3.63) is 64.0 Å². The summed E-state index contributed by atoms with van der Waals surface area (Å²) in [5.41, 5.74) is 3.86. The van der Waals surface area contributed by atoms with Gasteiger partial charge in [-0.1, -0.05) is 69.3 Å². The first-order chi connectivity index (χ1) is 10.3. The largest absolute Gasteiger partial charge is 0.282 e. The normalized spacial score (nSPS) is 14.8. The number of allylic oxidation sites excluding steroid dienone is 6. The van der Waals surface area contributed by atoms with Gasteiger partial charge in [0, 0.05) is 33.7 Å². The molecule has 1 atom stereocenters. The van der Waals surface area contributed by atoms with Gasteiger partial charge in [0.1, 0.15) is 0 Å². The Bertz CT molecular complexity index is 606. The second kappa shape index (κ2) is 8.40. The minimum absolute atomic E-state index is 0.393. The Balaban J connectivity index is 3.12. The van der Waals surface area contributed by atoms with E-state index in [1.165, 1.54) is 0 Å². The van der Waals surface area contributed by atoms with Crippen LogP contribution in [0.25, 0.3) is 0 Å². The molecule has 1 unspecified atom stereocenters. The first-order valence-corrected chi connectivity index (χ1v) is 8.13. The maximum atomic E-state index is 6.28. The number of H-pyrrole nitrogens is 1. The lowest BCUT2D eigenvalue weighted by Crippen LogP contribution is -2.06. The van der Waals surface area contributed by atoms with Crippen LogP contribution in [-0.2, 0) is 6.42 Å². The van der Waals surface area contributed by atoms with Gasteiger partial charge in [0.15, 0.2) is 0 Å². The molecule has 0 aliphatic carbocycles. The molecular formula is C18H24Cl2N2. The number of aromatic amines is 1. The van der Waals surface area contributed by atoms with Crippen LogP contribution in [0.1, 0.15) is 44.9 Å². The Kier molecular flexibility index (Phi) is 7.18. The van der Waals surface area contributed by atoms with Crippen LogP contribution < -0.4 is 0 Å². The van der Waals surface area contributed by atoms with Crippen molar-refractivity contribution in [2.24, 2.45) is 5.92 Å². The summed E-state index contributed by atoms with van der Waals surface area (Å²) in [6, 6.07) is 0. The zero-order valence-electron chi connectivity index (χ0n) is 13.7. The summed E-state index contributed by atoms with van der Waals surface area (Å²) < 4.78 is 0. The van der Waals surface area contributed by atoms with Gasteiger partial charge in [-0.05, 0) is 24.0 Å². The lowest BCUT2D eigenvalue weighted by Gasteiger charge is -2.17. The average Bonchev–Trinajstić information content (AvgIpc) is 2.93. The van der Waals surface area contributed by atoms with E-state index in [1.807, 2.05) is 13.1 Å². The lowest BCUT2D eigenvalue weighted by molar-refractivity contribution is 0.519. The van der Waals surface area contributed by atoms with E-state index in [9.17, 15) is 0 Å². The molecule has 0 spiro atoms. The first-order valence-electron chi connectivity index (χ1n) is 7.38. The van der Waals surface area contributed by atoms with Crippen molar-refractivity contribution in [2.75, 3.05) is 0 Å². The smallest absolute Gasteiger partial charge is 0.0525 e. The number of hydrogen-bond acceptors (Lipinski definition) is 1. The number of nitrogens with zero attached hydrogens (tertiary/aromatic N) is 1. The minimum atomic E-state index is 0.393. The molecule has 22 heavy (non-hydrogen) atoms. The van der Waals surface area contributed by atoms with Crippen LogP contribution in [0.5, 0.6) is 0 Å². The second-order valence-corrected chi connectivity index (χ2v) is 6.50. The highest BCUT2D eigenvalue weighted by atomic mass is 35.5. The summed E-state index contributed by atoms with van der Waals surface area (Å²) in [5, 5.41) is 8.38. The highest BCUT2D eigenvalue weighted by Crippen LogP contribution is 2.32. The van der Waals surface area contributed by atoms with E-state index >= 15 is 0 Å². The van der Waals surface area contributed by atoms with Crippen LogP contribution >= 0.6 is 23.2 Å². The monoisotopic (exact) mass is 338 g/mol. The Morgan fingerprint density at radius 2 is 2.00 bits per heavy atom. The molecule has 1 rings (SSSR count). The fourth-order valence-corrected chi connectivity index (χ4v) is 2.73.